The Hall–Kier alpha value is -3.82. The van der Waals surface area contributed by atoms with E-state index in [0.29, 0.717) is 31.1 Å². The first kappa shape index (κ1) is 22.4. The van der Waals surface area contributed by atoms with Crippen LogP contribution in [0.2, 0.25) is 0 Å². The third-order valence-electron chi connectivity index (χ3n) is 5.83. The molecule has 0 aromatic carbocycles. The van der Waals surface area contributed by atoms with Gasteiger partial charge >= 0.3 is 0 Å². The zero-order valence-electron chi connectivity index (χ0n) is 19.2. The molecule has 4 heterocycles. The second-order valence-electron chi connectivity index (χ2n) is 7.96. The van der Waals surface area contributed by atoms with Crippen LogP contribution in [0.15, 0.2) is 36.8 Å². The van der Waals surface area contributed by atoms with E-state index >= 15 is 0 Å². The molecule has 10 heteroatoms. The number of carbonyl (C=O) groups excluding carboxylic acids is 2. The number of aromatic amines is 1. The van der Waals surface area contributed by atoms with Crippen LogP contribution in [0, 0.1) is 0 Å². The molecule has 2 N–H and O–H groups in total. The van der Waals surface area contributed by atoms with Crippen LogP contribution in [0.1, 0.15) is 24.3 Å². The van der Waals surface area contributed by atoms with Crippen molar-refractivity contribution in [2.75, 3.05) is 38.7 Å². The van der Waals surface area contributed by atoms with Crippen LogP contribution < -0.4 is 19.7 Å². The molecule has 3 aromatic rings. The van der Waals surface area contributed by atoms with Gasteiger partial charge in [0.15, 0.2) is 17.6 Å². The SMILES string of the molecule is CNC(=O)c1cc(OC)c(OC(C)C(=O)N2CCN(c3nccc4[nH]ccc34)C[C@H]2C)cn1. The summed E-state index contributed by atoms with van der Waals surface area (Å²) < 4.78 is 11.2. The fourth-order valence-corrected chi connectivity index (χ4v) is 4.10. The molecular formula is C23H28N6O4. The van der Waals surface area contributed by atoms with Crippen molar-refractivity contribution in [3.05, 3.63) is 42.5 Å². The average molecular weight is 453 g/mol. The number of amides is 2. The molecule has 4 rings (SSSR count). The maximum atomic E-state index is 13.2. The van der Waals surface area contributed by atoms with Gasteiger partial charge in [-0.25, -0.2) is 9.97 Å². The lowest BCUT2D eigenvalue weighted by molar-refractivity contribution is -0.140. The molecule has 1 saturated heterocycles. The molecular weight excluding hydrogens is 424 g/mol. The lowest BCUT2D eigenvalue weighted by atomic mass is 10.1. The first-order valence-corrected chi connectivity index (χ1v) is 10.8. The minimum Gasteiger partial charge on any atom is -0.493 e. The standard InChI is InChI=1S/C23H28N6O4/c1-14-13-28(21-16-5-7-25-17(16)6-8-26-21)9-10-29(14)23(31)15(2)33-20-12-27-18(22(30)24-3)11-19(20)32-4/h5-8,11-12,14-15,25H,9-10,13H2,1-4H3,(H,24,30)/t14-,15?/m1/s1. The highest BCUT2D eigenvalue weighted by Crippen LogP contribution is 2.29. The van der Waals surface area contributed by atoms with Crippen molar-refractivity contribution in [2.24, 2.45) is 0 Å². The van der Waals surface area contributed by atoms with Gasteiger partial charge in [-0.05, 0) is 26.0 Å². The van der Waals surface area contributed by atoms with Crippen molar-refractivity contribution in [2.45, 2.75) is 26.0 Å². The number of hydrogen-bond donors (Lipinski definition) is 2. The largest absolute Gasteiger partial charge is 0.493 e. The molecule has 2 amide bonds. The quantitative estimate of drug-likeness (QED) is 0.587. The molecule has 0 saturated carbocycles. The number of aromatic nitrogens is 3. The summed E-state index contributed by atoms with van der Waals surface area (Å²) >= 11 is 0. The Morgan fingerprint density at radius 3 is 2.79 bits per heavy atom. The van der Waals surface area contributed by atoms with Gasteiger partial charge in [-0.2, -0.15) is 0 Å². The summed E-state index contributed by atoms with van der Waals surface area (Å²) in [5.74, 6) is 1.12. The topological polar surface area (TPSA) is 113 Å². The number of fused-ring (bicyclic) bond motifs is 1. The lowest BCUT2D eigenvalue weighted by Gasteiger charge is -2.41. The van der Waals surface area contributed by atoms with E-state index in [1.54, 1.807) is 13.1 Å². The van der Waals surface area contributed by atoms with E-state index in [1.165, 1.54) is 26.4 Å². The Kier molecular flexibility index (Phi) is 6.34. The van der Waals surface area contributed by atoms with Crippen LogP contribution in [0.3, 0.4) is 0 Å². The Morgan fingerprint density at radius 2 is 2.06 bits per heavy atom. The number of H-pyrrole nitrogens is 1. The van der Waals surface area contributed by atoms with Gasteiger partial charge < -0.3 is 29.6 Å². The van der Waals surface area contributed by atoms with Gasteiger partial charge in [-0.3, -0.25) is 9.59 Å². The highest BCUT2D eigenvalue weighted by Gasteiger charge is 2.32. The molecule has 0 bridgehead atoms. The summed E-state index contributed by atoms with van der Waals surface area (Å²) in [6.45, 7) is 5.62. The van der Waals surface area contributed by atoms with Crippen molar-refractivity contribution in [3.63, 3.8) is 0 Å². The summed E-state index contributed by atoms with van der Waals surface area (Å²) in [5.41, 5.74) is 1.25. The molecule has 174 valence electrons. The highest BCUT2D eigenvalue weighted by atomic mass is 16.5. The zero-order valence-corrected chi connectivity index (χ0v) is 19.2. The Morgan fingerprint density at radius 1 is 1.24 bits per heavy atom. The van der Waals surface area contributed by atoms with Gasteiger partial charge in [0.1, 0.15) is 11.5 Å². The van der Waals surface area contributed by atoms with E-state index < -0.39 is 6.10 Å². The van der Waals surface area contributed by atoms with Crippen molar-refractivity contribution in [1.29, 1.82) is 0 Å². The molecule has 0 aliphatic carbocycles. The first-order chi connectivity index (χ1) is 15.9. The Balaban J connectivity index is 1.43. The molecule has 10 nitrogen and oxygen atoms in total. The van der Waals surface area contributed by atoms with Gasteiger partial charge in [0.25, 0.3) is 11.8 Å². The predicted octanol–water partition coefficient (Wildman–Crippen LogP) is 1.83. The minimum absolute atomic E-state index is 0.0241. The number of pyridine rings is 2. The number of nitrogens with one attached hydrogen (secondary N) is 2. The molecule has 2 atom stereocenters. The van der Waals surface area contributed by atoms with Gasteiger partial charge in [0.2, 0.25) is 0 Å². The van der Waals surface area contributed by atoms with Crippen molar-refractivity contribution >= 4 is 28.5 Å². The first-order valence-electron chi connectivity index (χ1n) is 10.8. The molecule has 1 aliphatic heterocycles. The summed E-state index contributed by atoms with van der Waals surface area (Å²) in [6.07, 6.45) is 4.36. The smallest absolute Gasteiger partial charge is 0.269 e. The maximum absolute atomic E-state index is 13.2. The van der Waals surface area contributed by atoms with Crippen molar-refractivity contribution in [3.8, 4) is 11.5 Å². The number of methoxy groups -OCH3 is 1. The third kappa shape index (κ3) is 4.41. The second-order valence-corrected chi connectivity index (χ2v) is 7.96. The van der Waals surface area contributed by atoms with E-state index in [4.69, 9.17) is 9.47 Å². The fraction of sp³-hybridized carbons (Fsp3) is 0.391. The lowest BCUT2D eigenvalue weighted by Crippen LogP contribution is -2.56. The number of nitrogens with zero attached hydrogens (tertiary/aromatic N) is 4. The summed E-state index contributed by atoms with van der Waals surface area (Å²) in [5, 5.41) is 3.58. The van der Waals surface area contributed by atoms with Gasteiger partial charge in [0.05, 0.1) is 18.8 Å². The minimum atomic E-state index is -0.744. The maximum Gasteiger partial charge on any atom is 0.269 e. The van der Waals surface area contributed by atoms with E-state index in [-0.39, 0.29) is 23.6 Å². The third-order valence-corrected chi connectivity index (χ3v) is 5.83. The van der Waals surface area contributed by atoms with Crippen LogP contribution in [0.25, 0.3) is 10.9 Å². The number of carbonyl (C=O) groups is 2. The molecule has 1 aliphatic rings. The highest BCUT2D eigenvalue weighted by molar-refractivity contribution is 5.92. The van der Waals surface area contributed by atoms with Crippen LogP contribution in [0.5, 0.6) is 11.5 Å². The number of anilines is 1. The van der Waals surface area contributed by atoms with Crippen molar-refractivity contribution < 1.29 is 19.1 Å². The monoisotopic (exact) mass is 452 g/mol. The second kappa shape index (κ2) is 9.35. The summed E-state index contributed by atoms with van der Waals surface area (Å²) in [6, 6.07) is 5.43. The van der Waals surface area contributed by atoms with Gasteiger partial charge in [-0.1, -0.05) is 0 Å². The van der Waals surface area contributed by atoms with E-state index in [1.807, 2.05) is 30.2 Å². The number of hydrogen-bond acceptors (Lipinski definition) is 7. The Labute approximate surface area is 191 Å². The van der Waals surface area contributed by atoms with Crippen LogP contribution >= 0.6 is 0 Å². The molecule has 1 unspecified atom stereocenters. The van der Waals surface area contributed by atoms with Gasteiger partial charge in [0, 0.05) is 56.6 Å². The Bertz CT molecular complexity index is 1160. The summed E-state index contributed by atoms with van der Waals surface area (Å²) in [4.78, 5) is 40.9. The molecule has 3 aromatic heterocycles. The predicted molar refractivity (Wildman–Crippen MR) is 124 cm³/mol. The normalized spacial score (nSPS) is 17.0. The van der Waals surface area contributed by atoms with Crippen molar-refractivity contribution in [1.82, 2.24) is 25.2 Å². The number of piperazine rings is 1. The van der Waals surface area contributed by atoms with E-state index in [2.05, 4.69) is 25.2 Å². The average Bonchev–Trinajstić information content (AvgIpc) is 3.32. The zero-order chi connectivity index (χ0) is 23.5. The van der Waals surface area contributed by atoms with Crippen LogP contribution in [-0.4, -0.2) is 77.6 Å². The summed E-state index contributed by atoms with van der Waals surface area (Å²) in [7, 11) is 3.00. The van der Waals surface area contributed by atoms with Gasteiger partial charge in [-0.15, -0.1) is 0 Å². The number of rotatable bonds is 6. The molecule has 33 heavy (non-hydrogen) atoms. The van der Waals surface area contributed by atoms with E-state index in [9.17, 15) is 9.59 Å². The van der Waals surface area contributed by atoms with Crippen LogP contribution in [-0.2, 0) is 4.79 Å². The molecule has 0 radical (unpaired) electrons. The van der Waals surface area contributed by atoms with E-state index in [0.717, 1.165) is 16.7 Å². The fourth-order valence-electron chi connectivity index (χ4n) is 4.10. The molecule has 0 spiro atoms. The molecule has 1 fully saturated rings. The number of ether oxygens (including phenoxy) is 2. The van der Waals surface area contributed by atoms with Crippen LogP contribution in [0.4, 0.5) is 5.82 Å².